The lowest BCUT2D eigenvalue weighted by Gasteiger charge is -2.28. The van der Waals surface area contributed by atoms with E-state index in [1.165, 1.54) is 32.1 Å². The van der Waals surface area contributed by atoms with Crippen molar-refractivity contribution < 1.29 is 0 Å². The number of guanidine groups is 1. The first-order chi connectivity index (χ1) is 9.31. The minimum atomic E-state index is 0. The van der Waals surface area contributed by atoms with E-state index in [0.29, 0.717) is 6.04 Å². The van der Waals surface area contributed by atoms with Gasteiger partial charge >= 0.3 is 0 Å². The molecule has 1 saturated carbocycles. The molecular weight excluding hydrogens is 361 g/mol. The maximum Gasteiger partial charge on any atom is 0.191 e. The molecule has 116 valence electrons. The normalized spacial score (nSPS) is 27.2. The van der Waals surface area contributed by atoms with Crippen molar-refractivity contribution in [3.05, 3.63) is 12.2 Å². The Morgan fingerprint density at radius 2 is 1.70 bits per heavy atom. The maximum atomic E-state index is 4.33. The van der Waals surface area contributed by atoms with Gasteiger partial charge in [-0.25, -0.2) is 0 Å². The molecular formula is C16H30IN3. The first-order valence-electron chi connectivity index (χ1n) is 7.94. The molecule has 3 nitrogen and oxygen atoms in total. The summed E-state index contributed by atoms with van der Waals surface area (Å²) < 4.78 is 0. The minimum absolute atomic E-state index is 0. The minimum Gasteiger partial charge on any atom is -0.356 e. The number of hydrogen-bond acceptors (Lipinski definition) is 1. The van der Waals surface area contributed by atoms with Gasteiger partial charge in [-0.05, 0) is 37.5 Å². The molecule has 2 aliphatic rings. The van der Waals surface area contributed by atoms with Gasteiger partial charge in [-0.15, -0.1) is 24.0 Å². The molecule has 0 aromatic carbocycles. The van der Waals surface area contributed by atoms with Crippen molar-refractivity contribution in [1.82, 2.24) is 10.6 Å². The Bertz CT molecular complexity index is 312. The molecule has 2 N–H and O–H groups in total. The van der Waals surface area contributed by atoms with E-state index in [4.69, 9.17) is 0 Å². The summed E-state index contributed by atoms with van der Waals surface area (Å²) in [5.41, 5.74) is 0. The summed E-state index contributed by atoms with van der Waals surface area (Å²) in [6.07, 6.45) is 13.7. The summed E-state index contributed by atoms with van der Waals surface area (Å²) in [7, 11) is 1.87. The van der Waals surface area contributed by atoms with Gasteiger partial charge in [-0.1, -0.05) is 38.3 Å². The summed E-state index contributed by atoms with van der Waals surface area (Å²) in [5.74, 6) is 2.80. The van der Waals surface area contributed by atoms with Crippen LogP contribution in [-0.4, -0.2) is 25.6 Å². The van der Waals surface area contributed by atoms with Crippen molar-refractivity contribution >= 4 is 29.9 Å². The number of nitrogens with one attached hydrogen (secondary N) is 2. The Morgan fingerprint density at radius 1 is 1.10 bits per heavy atom. The molecule has 1 fully saturated rings. The quantitative estimate of drug-likeness (QED) is 0.332. The largest absolute Gasteiger partial charge is 0.356 e. The Kier molecular flexibility index (Phi) is 8.57. The smallest absolute Gasteiger partial charge is 0.191 e. The molecule has 0 amide bonds. The highest BCUT2D eigenvalue weighted by Crippen LogP contribution is 2.30. The number of rotatable bonds is 4. The van der Waals surface area contributed by atoms with E-state index in [0.717, 1.165) is 37.2 Å². The van der Waals surface area contributed by atoms with Crippen LogP contribution in [0.25, 0.3) is 0 Å². The molecule has 20 heavy (non-hydrogen) atoms. The van der Waals surface area contributed by atoms with Crippen LogP contribution in [0.2, 0.25) is 0 Å². The molecule has 0 aromatic rings. The highest BCUT2D eigenvalue weighted by Gasteiger charge is 2.20. The average Bonchev–Trinajstić information content (AvgIpc) is 2.97. The molecule has 0 bridgehead atoms. The molecule has 0 saturated heterocycles. The van der Waals surface area contributed by atoms with Crippen molar-refractivity contribution in [2.75, 3.05) is 13.6 Å². The van der Waals surface area contributed by atoms with Gasteiger partial charge in [0.15, 0.2) is 5.96 Å². The number of hydrogen-bond donors (Lipinski definition) is 2. The van der Waals surface area contributed by atoms with Crippen LogP contribution in [-0.2, 0) is 0 Å². The monoisotopic (exact) mass is 391 g/mol. The fraction of sp³-hybridized carbons (Fsp3) is 0.812. The summed E-state index contributed by atoms with van der Waals surface area (Å²) in [6, 6.07) is 0.544. The lowest BCUT2D eigenvalue weighted by Crippen LogP contribution is -2.44. The molecule has 4 heteroatoms. The van der Waals surface area contributed by atoms with Crippen molar-refractivity contribution in [2.24, 2.45) is 16.8 Å². The summed E-state index contributed by atoms with van der Waals surface area (Å²) in [6.45, 7) is 3.40. The molecule has 0 radical (unpaired) electrons. The third-order valence-corrected chi connectivity index (χ3v) is 4.67. The van der Waals surface area contributed by atoms with E-state index in [1.807, 2.05) is 7.05 Å². The van der Waals surface area contributed by atoms with E-state index in [1.54, 1.807) is 0 Å². The molecule has 0 heterocycles. The molecule has 0 atom stereocenters. The van der Waals surface area contributed by atoms with Crippen LogP contribution in [0.15, 0.2) is 17.1 Å². The number of halogens is 1. The lowest BCUT2D eigenvalue weighted by molar-refractivity contribution is 0.269. The topological polar surface area (TPSA) is 36.4 Å². The predicted molar refractivity (Wildman–Crippen MR) is 97.8 cm³/mol. The first-order valence-corrected chi connectivity index (χ1v) is 7.94. The van der Waals surface area contributed by atoms with Gasteiger partial charge in [0.05, 0.1) is 0 Å². The zero-order valence-electron chi connectivity index (χ0n) is 12.9. The molecule has 2 rings (SSSR count). The van der Waals surface area contributed by atoms with E-state index >= 15 is 0 Å². The van der Waals surface area contributed by atoms with Gasteiger partial charge in [0.25, 0.3) is 0 Å². The van der Waals surface area contributed by atoms with Crippen LogP contribution in [0, 0.1) is 11.8 Å². The van der Waals surface area contributed by atoms with Crippen LogP contribution in [0.4, 0.5) is 0 Å². The Balaban J connectivity index is 0.00000200. The van der Waals surface area contributed by atoms with E-state index in [-0.39, 0.29) is 24.0 Å². The standard InChI is InChI=1S/C16H29N3.HI/c1-3-13-8-10-14(11-9-13)12-18-16(17-2)19-15-6-4-5-7-15;/h4-5,13-15H,3,6-12H2,1-2H3,(H2,17,18,19);1H. The third kappa shape index (κ3) is 5.62. The highest BCUT2D eigenvalue weighted by atomic mass is 127. The van der Waals surface area contributed by atoms with Gasteiger partial charge in [0.2, 0.25) is 0 Å². The maximum absolute atomic E-state index is 4.33. The van der Waals surface area contributed by atoms with Gasteiger partial charge in [-0.2, -0.15) is 0 Å². The molecule has 0 aliphatic heterocycles. The molecule has 2 aliphatic carbocycles. The summed E-state index contributed by atoms with van der Waals surface area (Å²) >= 11 is 0. The average molecular weight is 391 g/mol. The van der Waals surface area contributed by atoms with Crippen molar-refractivity contribution in [1.29, 1.82) is 0 Å². The first kappa shape index (κ1) is 17.8. The van der Waals surface area contributed by atoms with Gasteiger partial charge in [0.1, 0.15) is 0 Å². The second-order valence-corrected chi connectivity index (χ2v) is 6.03. The highest BCUT2D eigenvalue weighted by molar-refractivity contribution is 14.0. The fourth-order valence-electron chi connectivity index (χ4n) is 3.21. The van der Waals surface area contributed by atoms with E-state index in [9.17, 15) is 0 Å². The van der Waals surface area contributed by atoms with E-state index < -0.39 is 0 Å². The predicted octanol–water partition coefficient (Wildman–Crippen LogP) is 3.70. The van der Waals surface area contributed by atoms with Crippen molar-refractivity contribution in [3.63, 3.8) is 0 Å². The molecule has 0 unspecified atom stereocenters. The Hall–Kier alpha value is -0.260. The van der Waals surface area contributed by atoms with Crippen LogP contribution >= 0.6 is 24.0 Å². The second kappa shape index (κ2) is 9.64. The van der Waals surface area contributed by atoms with Crippen molar-refractivity contribution in [3.8, 4) is 0 Å². The van der Waals surface area contributed by atoms with Gasteiger partial charge < -0.3 is 10.6 Å². The SMILES string of the molecule is CCC1CCC(CNC(=NC)NC2CC=CC2)CC1.I. The van der Waals surface area contributed by atoms with Crippen LogP contribution in [0.1, 0.15) is 51.9 Å². The lowest BCUT2D eigenvalue weighted by atomic mass is 9.81. The molecule has 0 aromatic heterocycles. The zero-order chi connectivity index (χ0) is 13.5. The number of aliphatic imine (C=N–C) groups is 1. The van der Waals surface area contributed by atoms with Crippen LogP contribution < -0.4 is 10.6 Å². The third-order valence-electron chi connectivity index (χ3n) is 4.67. The van der Waals surface area contributed by atoms with Gasteiger partial charge in [0, 0.05) is 19.6 Å². The van der Waals surface area contributed by atoms with Crippen LogP contribution in [0.5, 0.6) is 0 Å². The Morgan fingerprint density at radius 3 is 2.25 bits per heavy atom. The summed E-state index contributed by atoms with van der Waals surface area (Å²) in [4.78, 5) is 4.33. The van der Waals surface area contributed by atoms with Gasteiger partial charge in [-0.3, -0.25) is 4.99 Å². The fourth-order valence-corrected chi connectivity index (χ4v) is 3.21. The summed E-state index contributed by atoms with van der Waals surface area (Å²) in [5, 5.41) is 7.01. The second-order valence-electron chi connectivity index (χ2n) is 6.03. The van der Waals surface area contributed by atoms with Crippen LogP contribution in [0.3, 0.4) is 0 Å². The van der Waals surface area contributed by atoms with Crippen molar-refractivity contribution in [2.45, 2.75) is 57.9 Å². The molecule has 0 spiro atoms. The Labute approximate surface area is 141 Å². The zero-order valence-corrected chi connectivity index (χ0v) is 15.2. The van der Waals surface area contributed by atoms with E-state index in [2.05, 4.69) is 34.7 Å². The number of nitrogens with zero attached hydrogens (tertiary/aromatic N) is 1.